The van der Waals surface area contributed by atoms with Gasteiger partial charge in [0.15, 0.2) is 5.82 Å². The lowest BCUT2D eigenvalue weighted by Gasteiger charge is -2.11. The van der Waals surface area contributed by atoms with Crippen LogP contribution in [-0.2, 0) is 0 Å². The van der Waals surface area contributed by atoms with Gasteiger partial charge in [0.2, 0.25) is 5.88 Å². The number of hydrogen-bond donors (Lipinski definition) is 2. The van der Waals surface area contributed by atoms with Crippen LogP contribution >= 0.6 is 23.3 Å². The molecule has 0 aliphatic rings. The number of rotatable bonds is 3. The number of hydrogen-bond acceptors (Lipinski definition) is 7. The molecule has 102 valence electrons. The van der Waals surface area contributed by atoms with E-state index in [9.17, 15) is 0 Å². The molecule has 2 heterocycles. The number of nitrogens with zero attached hydrogens (tertiary/aromatic N) is 3. The molecular weight excluding hydrogens is 298 g/mol. The summed E-state index contributed by atoms with van der Waals surface area (Å²) in [7, 11) is 1.54. The highest BCUT2D eigenvalue weighted by molar-refractivity contribution is 7.00. The molecule has 0 amide bonds. The van der Waals surface area contributed by atoms with Crippen LogP contribution in [0.4, 0.5) is 17.2 Å². The number of pyridine rings is 1. The smallest absolute Gasteiger partial charge is 0.215 e. The molecule has 3 aromatic rings. The van der Waals surface area contributed by atoms with Crippen LogP contribution in [0, 0.1) is 0 Å². The maximum Gasteiger partial charge on any atom is 0.215 e. The molecule has 0 fully saturated rings. The van der Waals surface area contributed by atoms with E-state index in [1.54, 1.807) is 25.3 Å². The van der Waals surface area contributed by atoms with Gasteiger partial charge >= 0.3 is 0 Å². The summed E-state index contributed by atoms with van der Waals surface area (Å²) in [5, 5.41) is 3.62. The zero-order valence-electron chi connectivity index (χ0n) is 10.4. The van der Waals surface area contributed by atoms with Crippen molar-refractivity contribution in [1.29, 1.82) is 0 Å². The van der Waals surface area contributed by atoms with Crippen molar-refractivity contribution in [2.75, 3.05) is 18.2 Å². The largest absolute Gasteiger partial charge is 0.481 e. The maximum absolute atomic E-state index is 6.21. The van der Waals surface area contributed by atoms with Crippen molar-refractivity contribution < 1.29 is 4.74 Å². The van der Waals surface area contributed by atoms with E-state index < -0.39 is 0 Å². The lowest BCUT2D eigenvalue weighted by Crippen LogP contribution is -2.01. The lowest BCUT2D eigenvalue weighted by molar-refractivity contribution is 0.398. The van der Waals surface area contributed by atoms with Crippen LogP contribution in [0.3, 0.4) is 0 Å². The highest BCUT2D eigenvalue weighted by Crippen LogP contribution is 2.33. The zero-order chi connectivity index (χ0) is 14.1. The normalized spacial score (nSPS) is 10.7. The Morgan fingerprint density at radius 2 is 2.10 bits per heavy atom. The van der Waals surface area contributed by atoms with Crippen LogP contribution in [0.2, 0.25) is 5.02 Å². The lowest BCUT2D eigenvalue weighted by atomic mass is 10.2. The van der Waals surface area contributed by atoms with Crippen molar-refractivity contribution in [3.8, 4) is 5.88 Å². The van der Waals surface area contributed by atoms with Crippen molar-refractivity contribution in [2.24, 2.45) is 0 Å². The van der Waals surface area contributed by atoms with Gasteiger partial charge < -0.3 is 15.8 Å². The third kappa shape index (κ3) is 2.21. The fourth-order valence-electron chi connectivity index (χ4n) is 1.73. The topological polar surface area (TPSA) is 86.0 Å². The molecule has 0 saturated carbocycles. The van der Waals surface area contributed by atoms with E-state index in [0.29, 0.717) is 33.6 Å². The van der Waals surface area contributed by atoms with Gasteiger partial charge in [0.25, 0.3) is 0 Å². The number of aromatic nitrogens is 3. The molecule has 3 rings (SSSR count). The first-order valence-electron chi connectivity index (χ1n) is 5.67. The van der Waals surface area contributed by atoms with Crippen LogP contribution in [0.25, 0.3) is 11.0 Å². The molecule has 0 bridgehead atoms. The van der Waals surface area contributed by atoms with Gasteiger partial charge in [-0.25, -0.2) is 0 Å². The van der Waals surface area contributed by atoms with Crippen molar-refractivity contribution in [2.45, 2.75) is 0 Å². The summed E-state index contributed by atoms with van der Waals surface area (Å²) in [6.07, 6.45) is 0. The van der Waals surface area contributed by atoms with E-state index in [-0.39, 0.29) is 0 Å². The van der Waals surface area contributed by atoms with Crippen molar-refractivity contribution >= 4 is 51.6 Å². The van der Waals surface area contributed by atoms with Gasteiger partial charge in [-0.3, -0.25) is 0 Å². The minimum Gasteiger partial charge on any atom is -0.481 e. The summed E-state index contributed by atoms with van der Waals surface area (Å²) < 4.78 is 13.5. The van der Waals surface area contributed by atoms with Crippen LogP contribution in [0.5, 0.6) is 5.88 Å². The predicted molar refractivity (Wildman–Crippen MR) is 80.9 cm³/mol. The Balaban J connectivity index is 2.09. The van der Waals surface area contributed by atoms with Gasteiger partial charge in [0.05, 0.1) is 35.2 Å². The molecule has 20 heavy (non-hydrogen) atoms. The van der Waals surface area contributed by atoms with Crippen LogP contribution in [0.1, 0.15) is 0 Å². The molecule has 0 atom stereocenters. The number of ether oxygens (including phenoxy) is 1. The number of halogens is 1. The van der Waals surface area contributed by atoms with E-state index in [0.717, 1.165) is 17.2 Å². The van der Waals surface area contributed by atoms with Gasteiger partial charge in [-0.05, 0) is 18.2 Å². The van der Waals surface area contributed by atoms with Crippen molar-refractivity contribution in [3.05, 3.63) is 29.3 Å². The third-order valence-corrected chi connectivity index (χ3v) is 3.59. The molecular formula is C12H10ClN5OS. The monoisotopic (exact) mass is 307 g/mol. The second-order valence-corrected chi connectivity index (χ2v) is 4.91. The average Bonchev–Trinajstić information content (AvgIpc) is 2.92. The molecule has 0 saturated heterocycles. The third-order valence-electron chi connectivity index (χ3n) is 2.73. The van der Waals surface area contributed by atoms with Gasteiger partial charge in [-0.2, -0.15) is 13.7 Å². The highest BCUT2D eigenvalue weighted by atomic mass is 35.5. The van der Waals surface area contributed by atoms with Crippen LogP contribution in [-0.4, -0.2) is 20.8 Å². The molecule has 2 aromatic heterocycles. The van der Waals surface area contributed by atoms with E-state index in [4.69, 9.17) is 22.1 Å². The number of benzene rings is 1. The predicted octanol–water partition coefficient (Wildman–Crippen LogP) is 3.07. The van der Waals surface area contributed by atoms with Crippen molar-refractivity contribution in [1.82, 2.24) is 13.7 Å². The maximum atomic E-state index is 6.21. The summed E-state index contributed by atoms with van der Waals surface area (Å²) in [5.41, 5.74) is 8.48. The molecule has 0 radical (unpaired) electrons. The van der Waals surface area contributed by atoms with Gasteiger partial charge in [0.1, 0.15) is 11.0 Å². The molecule has 6 nitrogen and oxygen atoms in total. The average molecular weight is 308 g/mol. The Morgan fingerprint density at radius 1 is 1.25 bits per heavy atom. The van der Waals surface area contributed by atoms with Crippen LogP contribution in [0.15, 0.2) is 24.3 Å². The first kappa shape index (κ1) is 12.9. The summed E-state index contributed by atoms with van der Waals surface area (Å²) >= 11 is 7.33. The Kier molecular flexibility index (Phi) is 3.29. The first-order valence-corrected chi connectivity index (χ1v) is 6.78. The van der Waals surface area contributed by atoms with Crippen LogP contribution < -0.4 is 15.8 Å². The Hall–Kier alpha value is -2.12. The number of fused-ring (bicyclic) bond motifs is 1. The van der Waals surface area contributed by atoms with Gasteiger partial charge in [0, 0.05) is 6.07 Å². The summed E-state index contributed by atoms with van der Waals surface area (Å²) in [6, 6.07) is 6.97. The standard InChI is InChI=1S/C12H10ClN5OS/c1-19-9-5-3-7(14)12(15-9)16-10-6(13)2-4-8-11(10)18-20-17-8/h2-5H,14H2,1H3,(H,15,16). The minimum atomic E-state index is 0.460. The second-order valence-electron chi connectivity index (χ2n) is 3.97. The number of methoxy groups -OCH3 is 1. The number of nitrogens with two attached hydrogens (primary N) is 1. The molecule has 0 aliphatic heterocycles. The minimum absolute atomic E-state index is 0.460. The van der Waals surface area contributed by atoms with E-state index >= 15 is 0 Å². The fraction of sp³-hybridized carbons (Fsp3) is 0.0833. The molecule has 0 unspecified atom stereocenters. The summed E-state index contributed by atoms with van der Waals surface area (Å²) in [5.74, 6) is 0.924. The second kappa shape index (κ2) is 5.10. The zero-order valence-corrected chi connectivity index (χ0v) is 12.0. The van der Waals surface area contributed by atoms with E-state index in [1.807, 2.05) is 6.07 Å². The van der Waals surface area contributed by atoms with Gasteiger partial charge in [-0.1, -0.05) is 11.6 Å². The van der Waals surface area contributed by atoms with E-state index in [1.165, 1.54) is 0 Å². The number of nitrogen functional groups attached to an aromatic ring is 1. The highest BCUT2D eigenvalue weighted by Gasteiger charge is 2.12. The fourth-order valence-corrected chi connectivity index (χ4v) is 2.47. The quantitative estimate of drug-likeness (QED) is 0.773. The van der Waals surface area contributed by atoms with Gasteiger partial charge in [-0.15, -0.1) is 0 Å². The molecule has 3 N–H and O–H groups in total. The number of nitrogens with one attached hydrogen (secondary N) is 1. The molecule has 1 aromatic carbocycles. The Bertz CT molecular complexity index is 776. The van der Waals surface area contributed by atoms with Crippen molar-refractivity contribution in [3.63, 3.8) is 0 Å². The summed E-state index contributed by atoms with van der Waals surface area (Å²) in [6.45, 7) is 0. The van der Waals surface area contributed by atoms with E-state index in [2.05, 4.69) is 19.0 Å². The number of anilines is 3. The Labute approximate surface area is 123 Å². The molecule has 8 heteroatoms. The molecule has 0 spiro atoms. The Morgan fingerprint density at radius 3 is 2.90 bits per heavy atom. The molecule has 0 aliphatic carbocycles. The summed E-state index contributed by atoms with van der Waals surface area (Å²) in [4.78, 5) is 4.26. The first-order chi connectivity index (χ1) is 9.69. The SMILES string of the molecule is COc1ccc(N)c(Nc2c(Cl)ccc3nsnc23)n1.